The molecule has 104 valence electrons. The van der Waals surface area contributed by atoms with E-state index < -0.39 is 22.3 Å². The van der Waals surface area contributed by atoms with Gasteiger partial charge in [-0.25, -0.2) is 9.18 Å². The molecule has 0 radical (unpaired) electrons. The summed E-state index contributed by atoms with van der Waals surface area (Å²) in [6.07, 6.45) is 1.70. The fourth-order valence-corrected chi connectivity index (χ4v) is 1.58. The molecule has 0 aliphatic rings. The van der Waals surface area contributed by atoms with E-state index >= 15 is 0 Å². The highest BCUT2D eigenvalue weighted by molar-refractivity contribution is 5.90. The number of non-ortho nitro benzene ring substituents is 1. The average Bonchev–Trinajstić information content (AvgIpc) is 2.39. The standard InChI is InChI=1S/C13H16FNO4/c1-3-9(4-2)8-19-13(16)11-7-10(15(17)18)5-6-12(11)14/h5-7,9H,3-4,8H2,1-2H3. The number of ether oxygens (including phenoxy) is 1. The maximum atomic E-state index is 13.4. The van der Waals surface area contributed by atoms with Crippen LogP contribution in [0.2, 0.25) is 0 Å². The monoisotopic (exact) mass is 269 g/mol. The van der Waals surface area contributed by atoms with Crippen molar-refractivity contribution in [2.24, 2.45) is 5.92 Å². The third kappa shape index (κ3) is 4.01. The van der Waals surface area contributed by atoms with E-state index in [1.165, 1.54) is 0 Å². The minimum Gasteiger partial charge on any atom is -0.462 e. The van der Waals surface area contributed by atoms with Crippen LogP contribution in [0, 0.1) is 21.8 Å². The molecule has 0 saturated heterocycles. The number of halogens is 1. The number of benzene rings is 1. The first-order chi connectivity index (χ1) is 8.99. The second kappa shape index (κ2) is 6.82. The van der Waals surface area contributed by atoms with Crippen LogP contribution in [0.15, 0.2) is 18.2 Å². The normalized spacial score (nSPS) is 10.5. The van der Waals surface area contributed by atoms with Gasteiger partial charge in [-0.15, -0.1) is 0 Å². The van der Waals surface area contributed by atoms with Crippen LogP contribution in [0.1, 0.15) is 37.0 Å². The van der Waals surface area contributed by atoms with E-state index in [4.69, 9.17) is 4.74 Å². The number of nitro groups is 1. The minimum atomic E-state index is -0.867. The largest absolute Gasteiger partial charge is 0.462 e. The molecule has 0 bridgehead atoms. The lowest BCUT2D eigenvalue weighted by atomic mass is 10.1. The van der Waals surface area contributed by atoms with Gasteiger partial charge >= 0.3 is 5.97 Å². The smallest absolute Gasteiger partial charge is 0.341 e. The van der Waals surface area contributed by atoms with Gasteiger partial charge in [0.1, 0.15) is 11.4 Å². The van der Waals surface area contributed by atoms with Crippen molar-refractivity contribution in [1.29, 1.82) is 0 Å². The fraction of sp³-hybridized carbons (Fsp3) is 0.462. The van der Waals surface area contributed by atoms with Gasteiger partial charge in [0.15, 0.2) is 0 Å². The highest BCUT2D eigenvalue weighted by Crippen LogP contribution is 2.18. The molecule has 0 aromatic heterocycles. The molecule has 0 unspecified atom stereocenters. The van der Waals surface area contributed by atoms with E-state index in [-0.39, 0.29) is 18.2 Å². The minimum absolute atomic E-state index is 0.188. The highest BCUT2D eigenvalue weighted by Gasteiger charge is 2.19. The molecule has 1 aromatic rings. The van der Waals surface area contributed by atoms with Crippen LogP contribution < -0.4 is 0 Å². The zero-order chi connectivity index (χ0) is 14.4. The van der Waals surface area contributed by atoms with E-state index in [1.807, 2.05) is 13.8 Å². The van der Waals surface area contributed by atoms with E-state index in [2.05, 4.69) is 0 Å². The Bertz CT molecular complexity index is 472. The van der Waals surface area contributed by atoms with Crippen LogP contribution in [0.5, 0.6) is 0 Å². The number of carbonyl (C=O) groups is 1. The average molecular weight is 269 g/mol. The lowest BCUT2D eigenvalue weighted by Gasteiger charge is -2.12. The van der Waals surface area contributed by atoms with Crippen LogP contribution >= 0.6 is 0 Å². The predicted octanol–water partition coefficient (Wildman–Crippen LogP) is 3.33. The fourth-order valence-electron chi connectivity index (χ4n) is 1.58. The SMILES string of the molecule is CCC(CC)COC(=O)c1cc([N+](=O)[O-])ccc1F. The molecule has 1 rings (SSSR count). The Balaban J connectivity index is 2.81. The van der Waals surface area contributed by atoms with Gasteiger partial charge in [0.25, 0.3) is 5.69 Å². The molecule has 0 N–H and O–H groups in total. The van der Waals surface area contributed by atoms with Crippen LogP contribution in [-0.4, -0.2) is 17.5 Å². The molecule has 0 saturated carbocycles. The van der Waals surface area contributed by atoms with Crippen LogP contribution in [0.4, 0.5) is 10.1 Å². The highest BCUT2D eigenvalue weighted by atomic mass is 19.1. The molecule has 0 fully saturated rings. The van der Waals surface area contributed by atoms with Crippen molar-refractivity contribution in [3.63, 3.8) is 0 Å². The van der Waals surface area contributed by atoms with Crippen molar-refractivity contribution >= 4 is 11.7 Å². The number of esters is 1. The summed E-state index contributed by atoms with van der Waals surface area (Å²) >= 11 is 0. The van der Waals surface area contributed by atoms with Crippen molar-refractivity contribution in [2.75, 3.05) is 6.61 Å². The van der Waals surface area contributed by atoms with Crippen molar-refractivity contribution in [3.8, 4) is 0 Å². The summed E-state index contributed by atoms with van der Waals surface area (Å²) in [5, 5.41) is 10.6. The zero-order valence-electron chi connectivity index (χ0n) is 10.9. The number of nitrogens with zero attached hydrogens (tertiary/aromatic N) is 1. The quantitative estimate of drug-likeness (QED) is 0.451. The lowest BCUT2D eigenvalue weighted by Crippen LogP contribution is -2.14. The third-order valence-electron chi connectivity index (χ3n) is 2.99. The number of nitro benzene ring substituents is 1. The van der Waals surface area contributed by atoms with Crippen LogP contribution in [0.3, 0.4) is 0 Å². The maximum Gasteiger partial charge on any atom is 0.341 e. The summed E-state index contributed by atoms with van der Waals surface area (Å²) in [5.41, 5.74) is -0.740. The van der Waals surface area contributed by atoms with Crippen molar-refractivity contribution in [2.45, 2.75) is 26.7 Å². The van der Waals surface area contributed by atoms with Crippen LogP contribution in [0.25, 0.3) is 0 Å². The van der Waals surface area contributed by atoms with Crippen molar-refractivity contribution in [3.05, 3.63) is 39.7 Å². The molecule has 1 aromatic carbocycles. The Morgan fingerprint density at radius 2 is 2.05 bits per heavy atom. The molecule has 0 atom stereocenters. The zero-order valence-corrected chi connectivity index (χ0v) is 10.9. The van der Waals surface area contributed by atoms with Gasteiger partial charge in [0.05, 0.1) is 11.5 Å². The molecular formula is C13H16FNO4. The summed E-state index contributed by atoms with van der Waals surface area (Å²) in [6.45, 7) is 4.12. The molecule has 0 aliphatic carbocycles. The summed E-state index contributed by atoms with van der Waals surface area (Å²) in [5.74, 6) is -1.47. The second-order valence-electron chi connectivity index (χ2n) is 4.20. The van der Waals surface area contributed by atoms with Crippen LogP contribution in [-0.2, 0) is 4.74 Å². The Kier molecular flexibility index (Phi) is 5.41. The van der Waals surface area contributed by atoms with Gasteiger partial charge in [0, 0.05) is 12.1 Å². The van der Waals surface area contributed by atoms with E-state index in [0.717, 1.165) is 31.0 Å². The molecule has 0 heterocycles. The van der Waals surface area contributed by atoms with Crippen molar-refractivity contribution < 1.29 is 18.8 Å². The van der Waals surface area contributed by atoms with E-state index in [1.54, 1.807) is 0 Å². The van der Waals surface area contributed by atoms with Gasteiger partial charge in [-0.1, -0.05) is 26.7 Å². The lowest BCUT2D eigenvalue weighted by molar-refractivity contribution is -0.384. The summed E-state index contributed by atoms with van der Waals surface area (Å²) in [6, 6.07) is 2.80. The molecule has 6 heteroatoms. The first-order valence-electron chi connectivity index (χ1n) is 6.10. The molecule has 19 heavy (non-hydrogen) atoms. The molecule has 0 amide bonds. The van der Waals surface area contributed by atoms with Gasteiger partial charge in [-0.05, 0) is 12.0 Å². The third-order valence-corrected chi connectivity index (χ3v) is 2.99. The number of rotatable bonds is 6. The Labute approximate surface area is 110 Å². The maximum absolute atomic E-state index is 13.4. The first-order valence-corrected chi connectivity index (χ1v) is 6.10. The van der Waals surface area contributed by atoms with Gasteiger partial charge in [-0.3, -0.25) is 10.1 Å². The first kappa shape index (κ1) is 15.1. The molecular weight excluding hydrogens is 253 g/mol. The Hall–Kier alpha value is -1.98. The summed E-state index contributed by atoms with van der Waals surface area (Å²) in [4.78, 5) is 21.6. The Morgan fingerprint density at radius 1 is 1.42 bits per heavy atom. The van der Waals surface area contributed by atoms with E-state index in [0.29, 0.717) is 0 Å². The van der Waals surface area contributed by atoms with Crippen molar-refractivity contribution in [1.82, 2.24) is 0 Å². The molecule has 0 aliphatic heterocycles. The van der Waals surface area contributed by atoms with Gasteiger partial charge < -0.3 is 4.74 Å². The summed E-state index contributed by atoms with van der Waals surface area (Å²) in [7, 11) is 0. The van der Waals surface area contributed by atoms with Gasteiger partial charge in [-0.2, -0.15) is 0 Å². The number of hydrogen-bond donors (Lipinski definition) is 0. The predicted molar refractivity (Wildman–Crippen MR) is 67.4 cm³/mol. The summed E-state index contributed by atoms with van der Waals surface area (Å²) < 4.78 is 18.4. The molecule has 5 nitrogen and oxygen atoms in total. The topological polar surface area (TPSA) is 69.4 Å². The molecule has 0 spiro atoms. The number of hydrogen-bond acceptors (Lipinski definition) is 4. The van der Waals surface area contributed by atoms with E-state index in [9.17, 15) is 19.3 Å². The second-order valence-corrected chi connectivity index (χ2v) is 4.20. The number of carbonyl (C=O) groups excluding carboxylic acids is 1. The Morgan fingerprint density at radius 3 is 2.58 bits per heavy atom. The van der Waals surface area contributed by atoms with Gasteiger partial charge in [0.2, 0.25) is 0 Å².